The Hall–Kier alpha value is -2.73. The molecule has 1 N–H and O–H groups in total. The first-order valence-electron chi connectivity index (χ1n) is 11.0. The Morgan fingerprint density at radius 1 is 1.03 bits per heavy atom. The van der Waals surface area contributed by atoms with Crippen molar-refractivity contribution < 1.29 is 14.4 Å². The van der Waals surface area contributed by atoms with Gasteiger partial charge in [0.05, 0.1) is 11.8 Å². The fraction of sp³-hybridized carbons (Fsp3) is 0.346. The van der Waals surface area contributed by atoms with Crippen LogP contribution in [-0.4, -0.2) is 28.7 Å². The van der Waals surface area contributed by atoms with Gasteiger partial charge in [-0.25, -0.2) is 0 Å². The van der Waals surface area contributed by atoms with Crippen LogP contribution in [0.2, 0.25) is 0 Å². The van der Waals surface area contributed by atoms with Crippen LogP contribution in [0.25, 0.3) is 0 Å². The van der Waals surface area contributed by atoms with Gasteiger partial charge >= 0.3 is 0 Å². The molecule has 0 unspecified atom stereocenters. The Labute approximate surface area is 196 Å². The van der Waals surface area contributed by atoms with Crippen LogP contribution in [0, 0.1) is 37.5 Å². The maximum absolute atomic E-state index is 13.6. The summed E-state index contributed by atoms with van der Waals surface area (Å²) in [6.07, 6.45) is 5.30. The molecule has 5 rings (SSSR count). The van der Waals surface area contributed by atoms with Gasteiger partial charge in [-0.05, 0) is 60.9 Å². The van der Waals surface area contributed by atoms with E-state index in [0.29, 0.717) is 12.1 Å². The monoisotopic (exact) mass is 492 g/mol. The molecule has 0 aromatic heterocycles. The van der Waals surface area contributed by atoms with Crippen LogP contribution in [0.1, 0.15) is 23.1 Å². The van der Waals surface area contributed by atoms with Crippen LogP contribution in [0.5, 0.6) is 0 Å². The molecule has 6 heteroatoms. The van der Waals surface area contributed by atoms with E-state index >= 15 is 0 Å². The van der Waals surface area contributed by atoms with Crippen molar-refractivity contribution in [2.75, 3.05) is 5.32 Å². The number of aryl methyl sites for hydroxylation is 2. The standard InChI is InChI=1S/C26H25BrN2O3/c1-14-11-20(15(2)10-19(14)27)28-24(30)21(12-16-6-4-3-5-7-16)29-25(31)22-17-8-9-18(13-17)23(22)26(29)32/h3-11,17-18,21-23H,12-13H2,1-2H3,(H,28,30)/t17-,18-,21-,22-,23+/m0/s1. The lowest BCUT2D eigenvalue weighted by atomic mass is 9.85. The summed E-state index contributed by atoms with van der Waals surface area (Å²) in [5.41, 5.74) is 3.51. The summed E-state index contributed by atoms with van der Waals surface area (Å²) in [4.78, 5) is 41.7. The average molecular weight is 493 g/mol. The maximum Gasteiger partial charge on any atom is 0.248 e. The number of rotatable bonds is 5. The highest BCUT2D eigenvalue weighted by atomic mass is 79.9. The molecule has 2 fully saturated rings. The fourth-order valence-electron chi connectivity index (χ4n) is 5.50. The summed E-state index contributed by atoms with van der Waals surface area (Å²) in [7, 11) is 0. The minimum absolute atomic E-state index is 0.114. The van der Waals surface area contributed by atoms with E-state index in [0.717, 1.165) is 27.6 Å². The van der Waals surface area contributed by atoms with E-state index in [-0.39, 0.29) is 41.4 Å². The molecule has 3 aliphatic rings. The second-order valence-electron chi connectivity index (χ2n) is 9.16. The largest absolute Gasteiger partial charge is 0.324 e. The Kier molecular flexibility index (Phi) is 5.28. The summed E-state index contributed by atoms with van der Waals surface area (Å²) in [6, 6.07) is 12.5. The van der Waals surface area contributed by atoms with Crippen LogP contribution in [-0.2, 0) is 20.8 Å². The molecule has 5 nitrogen and oxygen atoms in total. The Bertz CT molecular complexity index is 1110. The predicted molar refractivity (Wildman–Crippen MR) is 126 cm³/mol. The molecule has 3 amide bonds. The molecule has 0 radical (unpaired) electrons. The number of carbonyl (C=O) groups excluding carboxylic acids is 3. The fourth-order valence-corrected chi connectivity index (χ4v) is 5.96. The van der Waals surface area contributed by atoms with Crippen molar-refractivity contribution >= 4 is 39.3 Å². The molecule has 2 bridgehead atoms. The van der Waals surface area contributed by atoms with Crippen LogP contribution in [0.15, 0.2) is 59.1 Å². The molecule has 164 valence electrons. The molecule has 2 aromatic rings. The number of amides is 3. The molecule has 1 aliphatic heterocycles. The van der Waals surface area contributed by atoms with Gasteiger partial charge in [-0.2, -0.15) is 0 Å². The molecule has 1 saturated carbocycles. The molecule has 0 spiro atoms. The average Bonchev–Trinajstić information content (AvgIpc) is 3.45. The molecular formula is C26H25BrN2O3. The summed E-state index contributed by atoms with van der Waals surface area (Å²) < 4.78 is 0.967. The van der Waals surface area contributed by atoms with Crippen LogP contribution >= 0.6 is 15.9 Å². The summed E-state index contributed by atoms with van der Waals surface area (Å²) in [5, 5.41) is 3.00. The Morgan fingerprint density at radius 3 is 2.28 bits per heavy atom. The molecule has 5 atom stereocenters. The smallest absolute Gasteiger partial charge is 0.248 e. The normalized spacial score (nSPS) is 26.5. The molecule has 2 aliphatic carbocycles. The van der Waals surface area contributed by atoms with Crippen molar-refractivity contribution in [3.8, 4) is 0 Å². The number of fused-ring (bicyclic) bond motifs is 5. The molecule has 2 aromatic carbocycles. The number of nitrogens with one attached hydrogen (secondary N) is 1. The van der Waals surface area contributed by atoms with Crippen LogP contribution in [0.3, 0.4) is 0 Å². The van der Waals surface area contributed by atoms with Crippen molar-refractivity contribution in [1.29, 1.82) is 0 Å². The molecule has 32 heavy (non-hydrogen) atoms. The minimum Gasteiger partial charge on any atom is -0.324 e. The lowest BCUT2D eigenvalue weighted by Crippen LogP contribution is -2.49. The molecule has 1 saturated heterocycles. The van der Waals surface area contributed by atoms with E-state index in [4.69, 9.17) is 0 Å². The predicted octanol–water partition coefficient (Wildman–Crippen LogP) is 4.42. The lowest BCUT2D eigenvalue weighted by molar-refractivity contribution is -0.147. The summed E-state index contributed by atoms with van der Waals surface area (Å²) in [5.74, 6) is -1.14. The number of benzene rings is 2. The van der Waals surface area contributed by atoms with Gasteiger partial charge in [0, 0.05) is 16.6 Å². The number of allylic oxidation sites excluding steroid dienone is 2. The van der Waals surface area contributed by atoms with Crippen molar-refractivity contribution in [1.82, 2.24) is 4.90 Å². The zero-order chi connectivity index (χ0) is 22.6. The van der Waals surface area contributed by atoms with Gasteiger partial charge in [-0.15, -0.1) is 0 Å². The number of anilines is 1. The number of nitrogens with zero attached hydrogens (tertiary/aromatic N) is 1. The number of hydrogen-bond donors (Lipinski definition) is 1. The van der Waals surface area contributed by atoms with E-state index in [1.54, 1.807) is 0 Å². The van der Waals surface area contributed by atoms with E-state index < -0.39 is 6.04 Å². The second-order valence-corrected chi connectivity index (χ2v) is 10.0. The van der Waals surface area contributed by atoms with Crippen molar-refractivity contribution in [3.05, 3.63) is 75.8 Å². The Morgan fingerprint density at radius 2 is 1.66 bits per heavy atom. The van der Waals surface area contributed by atoms with Gasteiger partial charge in [-0.3, -0.25) is 19.3 Å². The zero-order valence-electron chi connectivity index (χ0n) is 18.0. The van der Waals surface area contributed by atoms with Crippen molar-refractivity contribution in [2.45, 2.75) is 32.7 Å². The minimum atomic E-state index is -0.884. The van der Waals surface area contributed by atoms with Gasteiger partial charge in [0.1, 0.15) is 6.04 Å². The van der Waals surface area contributed by atoms with Gasteiger partial charge in [0.15, 0.2) is 0 Å². The molecule has 1 heterocycles. The second kappa shape index (κ2) is 8.00. The maximum atomic E-state index is 13.6. The zero-order valence-corrected chi connectivity index (χ0v) is 19.6. The van der Waals surface area contributed by atoms with Crippen molar-refractivity contribution in [2.24, 2.45) is 23.7 Å². The topological polar surface area (TPSA) is 66.5 Å². The highest BCUT2D eigenvalue weighted by Gasteiger charge is 2.61. The van der Waals surface area contributed by atoms with E-state index in [2.05, 4.69) is 33.4 Å². The number of likely N-dealkylation sites (tertiary alicyclic amines) is 1. The van der Waals surface area contributed by atoms with E-state index in [9.17, 15) is 14.4 Å². The number of imide groups is 1. The third kappa shape index (κ3) is 3.41. The highest BCUT2D eigenvalue weighted by Crippen LogP contribution is 2.53. The quantitative estimate of drug-likeness (QED) is 0.496. The summed E-state index contributed by atoms with van der Waals surface area (Å²) in [6.45, 7) is 3.88. The third-order valence-electron chi connectivity index (χ3n) is 7.15. The van der Waals surface area contributed by atoms with Crippen LogP contribution in [0.4, 0.5) is 5.69 Å². The Balaban J connectivity index is 1.47. The molecular weight excluding hydrogens is 468 g/mol. The first-order chi connectivity index (χ1) is 15.3. The van der Waals surface area contributed by atoms with Gasteiger partial charge < -0.3 is 5.32 Å². The highest BCUT2D eigenvalue weighted by molar-refractivity contribution is 9.10. The SMILES string of the molecule is Cc1cc(NC(=O)[C@H](Cc2ccccc2)N2C(=O)[C@@H]3[C@H](C2=O)[C@H]2C=C[C@H]3C2)c(C)cc1Br. The van der Waals surface area contributed by atoms with Crippen LogP contribution < -0.4 is 5.32 Å². The van der Waals surface area contributed by atoms with E-state index in [1.807, 2.05) is 56.3 Å². The van der Waals surface area contributed by atoms with Gasteiger partial charge in [0.25, 0.3) is 0 Å². The first kappa shape index (κ1) is 21.1. The first-order valence-corrected chi connectivity index (χ1v) is 11.8. The van der Waals surface area contributed by atoms with Gasteiger partial charge in [-0.1, -0.05) is 58.4 Å². The third-order valence-corrected chi connectivity index (χ3v) is 8.01. The summed E-state index contributed by atoms with van der Waals surface area (Å²) >= 11 is 3.52. The van der Waals surface area contributed by atoms with E-state index in [1.165, 1.54) is 4.90 Å². The number of carbonyl (C=O) groups is 3. The van der Waals surface area contributed by atoms with Gasteiger partial charge in [0.2, 0.25) is 17.7 Å². The number of hydrogen-bond acceptors (Lipinski definition) is 3. The number of halogens is 1. The van der Waals surface area contributed by atoms with Crippen molar-refractivity contribution in [3.63, 3.8) is 0 Å². The lowest BCUT2D eigenvalue weighted by Gasteiger charge is -2.27.